The summed E-state index contributed by atoms with van der Waals surface area (Å²) >= 11 is 0. The zero-order chi connectivity index (χ0) is 29.6. The number of anilines is 1. The Morgan fingerprint density at radius 1 is 0.674 bits per heavy atom. The number of carbonyl (C=O) groups excluding carboxylic acids is 2. The zero-order valence-electron chi connectivity index (χ0n) is 24.2. The van der Waals surface area contributed by atoms with E-state index in [0.29, 0.717) is 81.6 Å². The fourth-order valence-corrected chi connectivity index (χ4v) is 5.47. The Kier molecular flexibility index (Phi) is 9.04. The van der Waals surface area contributed by atoms with Crippen LogP contribution in [0.3, 0.4) is 0 Å². The van der Waals surface area contributed by atoms with Crippen molar-refractivity contribution >= 4 is 28.3 Å². The number of aromatic nitrogens is 3. The van der Waals surface area contributed by atoms with Gasteiger partial charge in [-0.3, -0.25) is 14.5 Å². The van der Waals surface area contributed by atoms with Gasteiger partial charge in [0.2, 0.25) is 0 Å². The van der Waals surface area contributed by atoms with Crippen molar-refractivity contribution in [3.63, 3.8) is 0 Å². The zero-order valence-corrected chi connectivity index (χ0v) is 24.2. The van der Waals surface area contributed by atoms with Gasteiger partial charge in [0, 0.05) is 47.4 Å². The smallest absolute Gasteiger partial charge is 0.261 e. The number of hydrogen-bond donors (Lipinski definition) is 0. The third-order valence-corrected chi connectivity index (χ3v) is 7.68. The second kappa shape index (κ2) is 13.4. The lowest BCUT2D eigenvalue weighted by Crippen LogP contribution is -2.40. The highest BCUT2D eigenvalue weighted by Gasteiger charge is 2.32. The molecule has 43 heavy (non-hydrogen) atoms. The molecule has 224 valence electrons. The average Bonchev–Trinajstić information content (AvgIpc) is 3.52. The maximum atomic E-state index is 13.0. The molecule has 0 spiro atoms. The molecule has 0 atom stereocenters. The summed E-state index contributed by atoms with van der Waals surface area (Å²) < 4.78 is 24.3. The summed E-state index contributed by atoms with van der Waals surface area (Å²) in [6, 6.07) is 17.3. The molecule has 1 fully saturated rings. The van der Waals surface area contributed by atoms with Gasteiger partial charge in [0.05, 0.1) is 64.7 Å². The SMILES string of the molecule is CCN1C(=O)c2cccc3c(-c4cn(-c5ccc(N6CCOCCOCCOCCOCC6)cc5)nn4)ccc(c23)C1=O. The van der Waals surface area contributed by atoms with Crippen LogP contribution in [-0.2, 0) is 18.9 Å². The van der Waals surface area contributed by atoms with Crippen molar-refractivity contribution in [3.05, 3.63) is 71.9 Å². The molecular formula is C32H35N5O6. The molecule has 11 nitrogen and oxygen atoms in total. The molecule has 2 amide bonds. The summed E-state index contributed by atoms with van der Waals surface area (Å²) in [7, 11) is 0. The molecule has 1 saturated heterocycles. The van der Waals surface area contributed by atoms with Gasteiger partial charge in [-0.1, -0.05) is 23.4 Å². The number of rotatable bonds is 4. The van der Waals surface area contributed by atoms with E-state index in [-0.39, 0.29) is 11.8 Å². The molecule has 2 aliphatic heterocycles. The Hall–Kier alpha value is -4.16. The first-order valence-electron chi connectivity index (χ1n) is 14.7. The van der Waals surface area contributed by atoms with E-state index in [1.165, 1.54) is 4.90 Å². The molecule has 2 aliphatic rings. The molecule has 3 aromatic carbocycles. The topological polar surface area (TPSA) is 108 Å². The van der Waals surface area contributed by atoms with Crippen LogP contribution in [0.2, 0.25) is 0 Å². The molecule has 0 unspecified atom stereocenters. The third-order valence-electron chi connectivity index (χ3n) is 7.68. The number of carbonyl (C=O) groups is 2. The molecule has 1 aromatic heterocycles. The monoisotopic (exact) mass is 585 g/mol. The summed E-state index contributed by atoms with van der Waals surface area (Å²) in [5.74, 6) is -0.544. The van der Waals surface area contributed by atoms with Crippen molar-refractivity contribution in [2.24, 2.45) is 0 Å². The Bertz CT molecular complexity index is 1550. The quantitative estimate of drug-likeness (QED) is 0.332. The predicted molar refractivity (Wildman–Crippen MR) is 161 cm³/mol. The van der Waals surface area contributed by atoms with Crippen molar-refractivity contribution in [3.8, 4) is 16.9 Å². The lowest BCUT2D eigenvalue weighted by atomic mass is 9.90. The Morgan fingerprint density at radius 2 is 1.23 bits per heavy atom. The van der Waals surface area contributed by atoms with Gasteiger partial charge >= 0.3 is 0 Å². The van der Waals surface area contributed by atoms with Gasteiger partial charge in [0.1, 0.15) is 5.69 Å². The highest BCUT2D eigenvalue weighted by molar-refractivity contribution is 6.26. The van der Waals surface area contributed by atoms with Crippen LogP contribution in [0.15, 0.2) is 60.8 Å². The van der Waals surface area contributed by atoms with E-state index in [1.807, 2.05) is 36.5 Å². The number of imide groups is 1. The van der Waals surface area contributed by atoms with E-state index < -0.39 is 0 Å². The summed E-state index contributed by atoms with van der Waals surface area (Å²) in [4.78, 5) is 29.5. The average molecular weight is 586 g/mol. The molecule has 0 saturated carbocycles. The van der Waals surface area contributed by atoms with Crippen molar-refractivity contribution < 1.29 is 28.5 Å². The van der Waals surface area contributed by atoms with Crippen LogP contribution in [0.4, 0.5) is 5.69 Å². The van der Waals surface area contributed by atoms with Gasteiger partial charge in [-0.2, -0.15) is 0 Å². The number of ether oxygens (including phenoxy) is 4. The van der Waals surface area contributed by atoms with Crippen LogP contribution < -0.4 is 4.90 Å². The summed E-state index contributed by atoms with van der Waals surface area (Å²) in [6.45, 7) is 8.01. The largest absolute Gasteiger partial charge is 0.377 e. The van der Waals surface area contributed by atoms with E-state index in [4.69, 9.17) is 18.9 Å². The number of benzene rings is 3. The Labute approximate surface area is 249 Å². The molecule has 11 heteroatoms. The maximum absolute atomic E-state index is 13.0. The van der Waals surface area contributed by atoms with Gasteiger partial charge in [-0.05, 0) is 48.7 Å². The summed E-state index contributed by atoms with van der Waals surface area (Å²) in [5.41, 5.74) is 4.42. The molecule has 0 bridgehead atoms. The van der Waals surface area contributed by atoms with Crippen molar-refractivity contribution in [1.29, 1.82) is 0 Å². The molecular weight excluding hydrogens is 550 g/mol. The fraction of sp³-hybridized carbons (Fsp3) is 0.375. The molecule has 6 rings (SSSR count). The van der Waals surface area contributed by atoms with Crippen LogP contribution in [0, 0.1) is 0 Å². The number of hydrogen-bond acceptors (Lipinski definition) is 9. The van der Waals surface area contributed by atoms with E-state index in [0.717, 1.165) is 35.4 Å². The summed E-state index contributed by atoms with van der Waals surface area (Å²) in [5, 5.41) is 10.3. The lowest BCUT2D eigenvalue weighted by molar-refractivity contribution is 0.00206. The molecule has 3 heterocycles. The molecule has 0 aliphatic carbocycles. The first kappa shape index (κ1) is 28.9. The van der Waals surface area contributed by atoms with Crippen LogP contribution in [0.5, 0.6) is 0 Å². The van der Waals surface area contributed by atoms with Crippen molar-refractivity contribution in [2.75, 3.05) is 77.4 Å². The fourth-order valence-electron chi connectivity index (χ4n) is 5.47. The first-order chi connectivity index (χ1) is 21.2. The van der Waals surface area contributed by atoms with E-state index >= 15 is 0 Å². The maximum Gasteiger partial charge on any atom is 0.261 e. The van der Waals surface area contributed by atoms with Crippen LogP contribution in [0.1, 0.15) is 27.6 Å². The highest BCUT2D eigenvalue weighted by Crippen LogP contribution is 2.36. The second-order valence-corrected chi connectivity index (χ2v) is 10.2. The lowest BCUT2D eigenvalue weighted by Gasteiger charge is -2.26. The first-order valence-corrected chi connectivity index (χ1v) is 14.7. The normalized spacial score (nSPS) is 17.6. The second-order valence-electron chi connectivity index (χ2n) is 10.2. The molecule has 4 aromatic rings. The van der Waals surface area contributed by atoms with Crippen LogP contribution >= 0.6 is 0 Å². The van der Waals surface area contributed by atoms with Gasteiger partial charge in [0.25, 0.3) is 11.8 Å². The number of nitrogens with zero attached hydrogens (tertiary/aromatic N) is 5. The van der Waals surface area contributed by atoms with Gasteiger partial charge in [0.15, 0.2) is 0 Å². The minimum Gasteiger partial charge on any atom is -0.377 e. The van der Waals surface area contributed by atoms with Gasteiger partial charge in [-0.25, -0.2) is 4.68 Å². The van der Waals surface area contributed by atoms with Crippen LogP contribution in [0.25, 0.3) is 27.7 Å². The van der Waals surface area contributed by atoms with Crippen molar-refractivity contribution in [1.82, 2.24) is 19.9 Å². The third kappa shape index (κ3) is 6.16. The number of amides is 2. The van der Waals surface area contributed by atoms with E-state index in [1.54, 1.807) is 23.7 Å². The predicted octanol–water partition coefficient (Wildman–Crippen LogP) is 3.59. The van der Waals surface area contributed by atoms with E-state index in [2.05, 4.69) is 27.3 Å². The minimum absolute atomic E-state index is 0.272. The Morgan fingerprint density at radius 3 is 1.86 bits per heavy atom. The molecule has 0 radical (unpaired) electrons. The minimum atomic E-state index is -0.272. The standard InChI is InChI=1S/C32H35N5O6/c1-2-36-31(38)27-5-3-4-26-25(10-11-28(30(26)27)32(36)39)29-22-37(34-33-29)24-8-6-23(7-9-24)35-12-14-40-16-18-42-20-21-43-19-17-41-15-13-35/h3-11,22H,2,12-21H2,1H3. The molecule has 0 N–H and O–H groups in total. The summed E-state index contributed by atoms with van der Waals surface area (Å²) in [6.07, 6.45) is 1.86. The van der Waals surface area contributed by atoms with E-state index in [9.17, 15) is 9.59 Å². The van der Waals surface area contributed by atoms with Crippen molar-refractivity contribution in [2.45, 2.75) is 6.92 Å². The Balaban J connectivity index is 1.21. The van der Waals surface area contributed by atoms with Gasteiger partial charge < -0.3 is 23.8 Å². The van der Waals surface area contributed by atoms with Gasteiger partial charge in [-0.15, -0.1) is 5.10 Å². The van der Waals surface area contributed by atoms with Crippen LogP contribution in [-0.4, -0.2) is 104 Å². The highest BCUT2D eigenvalue weighted by atomic mass is 16.6.